The van der Waals surface area contributed by atoms with Gasteiger partial charge in [0, 0.05) is 6.20 Å². The van der Waals surface area contributed by atoms with E-state index in [0.717, 1.165) is 5.69 Å². The second-order valence-electron chi connectivity index (χ2n) is 1.61. The number of nitrogens with one attached hydrogen (secondary N) is 1. The Hall–Kier alpha value is -0.480. The van der Waals surface area contributed by atoms with Gasteiger partial charge in [0.2, 0.25) is 0 Å². The van der Waals surface area contributed by atoms with Crippen LogP contribution in [0.2, 0.25) is 0 Å². The van der Waals surface area contributed by atoms with Crippen molar-refractivity contribution in [1.29, 1.82) is 0 Å². The topological polar surface area (TPSA) is 48.6 Å². The number of hydrogen-bond acceptors (Lipinski definition) is 2. The first-order chi connectivity index (χ1) is 4.33. The number of aryl methyl sites for hydroxylation is 1. The van der Waals surface area contributed by atoms with Crippen molar-refractivity contribution in [3.8, 4) is 0 Å². The molecule has 1 heterocycles. The van der Waals surface area contributed by atoms with Gasteiger partial charge in [-0.25, -0.2) is 10.1 Å². The monoisotopic (exact) mass is 143 g/mol. The number of thioether (sulfide) groups is 1. The lowest BCUT2D eigenvalue weighted by atomic mass is 10.6. The lowest BCUT2D eigenvalue weighted by molar-refractivity contribution is 0.260. The van der Waals surface area contributed by atoms with Crippen LogP contribution in [0.4, 0.5) is 0 Å². The Morgan fingerprint density at radius 2 is 2.67 bits per heavy atom. The van der Waals surface area contributed by atoms with Gasteiger partial charge in [-0.15, -0.1) is 0 Å². The molecule has 1 rings (SSSR count). The lowest BCUT2D eigenvalue weighted by Crippen LogP contribution is -1.75. The van der Waals surface area contributed by atoms with Gasteiger partial charge in [-0.1, -0.05) is 11.8 Å². The molecule has 0 fully saturated rings. The number of aromatic nitrogens is 2. The van der Waals surface area contributed by atoms with E-state index in [-0.39, 0.29) is 5.94 Å². The SMILES string of the molecule is Cc1c[nH]c(SC[O])n1. The molecule has 4 heteroatoms. The van der Waals surface area contributed by atoms with Gasteiger partial charge < -0.3 is 4.98 Å². The van der Waals surface area contributed by atoms with E-state index in [1.54, 1.807) is 6.20 Å². The van der Waals surface area contributed by atoms with E-state index in [0.29, 0.717) is 5.16 Å². The van der Waals surface area contributed by atoms with Crippen LogP contribution in [-0.2, 0) is 5.11 Å². The maximum Gasteiger partial charge on any atom is 0.167 e. The molecule has 0 spiro atoms. The average Bonchev–Trinajstić information content (AvgIpc) is 2.17. The summed E-state index contributed by atoms with van der Waals surface area (Å²) in [4.78, 5) is 6.87. The van der Waals surface area contributed by atoms with Crippen LogP contribution in [0, 0.1) is 6.92 Å². The summed E-state index contributed by atoms with van der Waals surface area (Å²) in [6, 6.07) is 0. The zero-order chi connectivity index (χ0) is 6.69. The molecule has 49 valence electrons. The summed E-state index contributed by atoms with van der Waals surface area (Å²) in [6.07, 6.45) is 1.78. The van der Waals surface area contributed by atoms with Crippen LogP contribution < -0.4 is 0 Å². The molecule has 9 heavy (non-hydrogen) atoms. The van der Waals surface area contributed by atoms with E-state index in [1.807, 2.05) is 6.92 Å². The summed E-state index contributed by atoms with van der Waals surface area (Å²) < 4.78 is 0. The van der Waals surface area contributed by atoms with E-state index in [4.69, 9.17) is 0 Å². The Kier molecular flexibility index (Phi) is 2.13. The predicted molar refractivity (Wildman–Crippen MR) is 34.7 cm³/mol. The van der Waals surface area contributed by atoms with Gasteiger partial charge >= 0.3 is 0 Å². The summed E-state index contributed by atoms with van der Waals surface area (Å²) in [5.41, 5.74) is 0.922. The first-order valence-electron chi connectivity index (χ1n) is 2.56. The maximum atomic E-state index is 10.0. The van der Waals surface area contributed by atoms with Crippen LogP contribution in [0.3, 0.4) is 0 Å². The standard InChI is InChI=1S/C5H7N2OS/c1-4-2-6-5(7-4)9-3-8/h2H,3H2,1H3,(H,6,7). The molecule has 0 aliphatic carbocycles. The molecule has 0 aliphatic rings. The van der Waals surface area contributed by atoms with Gasteiger partial charge in [-0.2, -0.15) is 0 Å². The Bertz CT molecular complexity index is 187. The summed E-state index contributed by atoms with van der Waals surface area (Å²) in [7, 11) is 0. The van der Waals surface area contributed by atoms with Crippen molar-refractivity contribution in [3.63, 3.8) is 0 Å². The highest BCUT2D eigenvalue weighted by molar-refractivity contribution is 7.98. The van der Waals surface area contributed by atoms with Crippen molar-refractivity contribution in [2.75, 3.05) is 5.94 Å². The third-order valence-corrected chi connectivity index (χ3v) is 1.48. The maximum absolute atomic E-state index is 10.0. The minimum Gasteiger partial charge on any atom is -0.339 e. The molecule has 0 saturated heterocycles. The fourth-order valence-corrected chi connectivity index (χ4v) is 0.983. The molecule has 0 atom stereocenters. The highest BCUT2D eigenvalue weighted by Crippen LogP contribution is 2.10. The van der Waals surface area contributed by atoms with Gasteiger partial charge in [0.1, 0.15) is 5.94 Å². The van der Waals surface area contributed by atoms with Crippen LogP contribution in [0.15, 0.2) is 11.4 Å². The largest absolute Gasteiger partial charge is 0.339 e. The number of nitrogens with zero attached hydrogens (tertiary/aromatic N) is 1. The van der Waals surface area contributed by atoms with E-state index in [1.165, 1.54) is 11.8 Å². The molecule has 0 bridgehead atoms. The molecule has 0 amide bonds. The van der Waals surface area contributed by atoms with E-state index in [9.17, 15) is 5.11 Å². The van der Waals surface area contributed by atoms with Crippen LogP contribution >= 0.6 is 11.8 Å². The minimum atomic E-state index is -0.174. The fraction of sp³-hybridized carbons (Fsp3) is 0.400. The Balaban J connectivity index is 2.61. The summed E-state index contributed by atoms with van der Waals surface area (Å²) in [5.74, 6) is -0.174. The first-order valence-corrected chi connectivity index (χ1v) is 3.54. The van der Waals surface area contributed by atoms with E-state index < -0.39 is 0 Å². The Labute approximate surface area is 57.5 Å². The van der Waals surface area contributed by atoms with Crippen molar-refractivity contribution >= 4 is 11.8 Å². The number of hydrogen-bond donors (Lipinski definition) is 1. The van der Waals surface area contributed by atoms with Crippen LogP contribution in [0.25, 0.3) is 0 Å². The van der Waals surface area contributed by atoms with Crippen molar-refractivity contribution in [3.05, 3.63) is 11.9 Å². The Morgan fingerprint density at radius 1 is 1.89 bits per heavy atom. The van der Waals surface area contributed by atoms with Crippen molar-refractivity contribution in [2.24, 2.45) is 0 Å². The molecular weight excluding hydrogens is 136 g/mol. The number of rotatable bonds is 2. The Morgan fingerprint density at radius 3 is 3.11 bits per heavy atom. The van der Waals surface area contributed by atoms with E-state index >= 15 is 0 Å². The van der Waals surface area contributed by atoms with Gasteiger partial charge in [0.25, 0.3) is 0 Å². The van der Waals surface area contributed by atoms with Crippen LogP contribution in [-0.4, -0.2) is 15.9 Å². The molecule has 0 saturated carbocycles. The molecule has 0 unspecified atom stereocenters. The minimum absolute atomic E-state index is 0.174. The highest BCUT2D eigenvalue weighted by atomic mass is 32.2. The molecule has 1 N–H and O–H groups in total. The normalized spacial score (nSPS) is 10.0. The van der Waals surface area contributed by atoms with E-state index in [2.05, 4.69) is 9.97 Å². The molecular formula is C5H7N2OS. The summed E-state index contributed by atoms with van der Waals surface area (Å²) in [6.45, 7) is 1.88. The predicted octanol–water partition coefficient (Wildman–Crippen LogP) is 1.20. The summed E-state index contributed by atoms with van der Waals surface area (Å²) in [5, 5.41) is 10.7. The zero-order valence-electron chi connectivity index (χ0n) is 5.05. The first kappa shape index (κ1) is 6.64. The van der Waals surface area contributed by atoms with Crippen molar-refractivity contribution in [2.45, 2.75) is 12.1 Å². The van der Waals surface area contributed by atoms with Crippen LogP contribution in [0.1, 0.15) is 5.69 Å². The van der Waals surface area contributed by atoms with Crippen molar-refractivity contribution in [1.82, 2.24) is 9.97 Å². The van der Waals surface area contributed by atoms with Gasteiger partial charge in [-0.3, -0.25) is 0 Å². The van der Waals surface area contributed by atoms with Gasteiger partial charge in [0.15, 0.2) is 5.16 Å². The second kappa shape index (κ2) is 2.89. The third kappa shape index (κ3) is 1.73. The van der Waals surface area contributed by atoms with Crippen LogP contribution in [0.5, 0.6) is 0 Å². The molecule has 1 radical (unpaired) electrons. The molecule has 1 aromatic heterocycles. The quantitative estimate of drug-likeness (QED) is 0.499. The van der Waals surface area contributed by atoms with Crippen molar-refractivity contribution < 1.29 is 5.11 Å². The molecule has 1 aromatic rings. The molecule has 0 aromatic carbocycles. The number of aromatic amines is 1. The fourth-order valence-electron chi connectivity index (χ4n) is 0.521. The van der Waals surface area contributed by atoms with Gasteiger partial charge in [-0.05, 0) is 6.92 Å². The number of H-pyrrole nitrogens is 1. The molecule has 3 nitrogen and oxygen atoms in total. The zero-order valence-corrected chi connectivity index (χ0v) is 5.86. The average molecular weight is 143 g/mol. The summed E-state index contributed by atoms with van der Waals surface area (Å²) >= 11 is 1.17. The lowest BCUT2D eigenvalue weighted by Gasteiger charge is -1.84. The highest BCUT2D eigenvalue weighted by Gasteiger charge is 1.94. The van der Waals surface area contributed by atoms with Gasteiger partial charge in [0.05, 0.1) is 5.69 Å². The third-order valence-electron chi connectivity index (χ3n) is 0.878. The second-order valence-corrected chi connectivity index (χ2v) is 2.52. The molecule has 0 aliphatic heterocycles. The smallest absolute Gasteiger partial charge is 0.167 e. The number of imidazole rings is 1.